The highest BCUT2D eigenvalue weighted by Crippen LogP contribution is 2.17. The van der Waals surface area contributed by atoms with Crippen molar-refractivity contribution < 1.29 is 9.53 Å². The molecule has 24 heavy (non-hydrogen) atoms. The molecule has 0 bridgehead atoms. The second-order valence-electron chi connectivity index (χ2n) is 6.20. The maximum atomic E-state index is 12.3. The van der Waals surface area contributed by atoms with Gasteiger partial charge in [-0.25, -0.2) is 14.8 Å². The number of carbonyl (C=O) groups is 1. The van der Waals surface area contributed by atoms with Crippen LogP contribution in [0, 0.1) is 20.8 Å². The van der Waals surface area contributed by atoms with E-state index in [1.807, 2.05) is 51.1 Å². The summed E-state index contributed by atoms with van der Waals surface area (Å²) in [6, 6.07) is 9.94. The van der Waals surface area contributed by atoms with Gasteiger partial charge in [-0.2, -0.15) is 0 Å². The van der Waals surface area contributed by atoms with Crippen molar-refractivity contribution in [1.29, 1.82) is 0 Å². The fraction of sp³-hybridized carbons (Fsp3) is 0.389. The van der Waals surface area contributed by atoms with Crippen molar-refractivity contribution in [3.05, 3.63) is 47.3 Å². The van der Waals surface area contributed by atoms with Crippen LogP contribution in [0.15, 0.2) is 30.3 Å². The number of likely N-dealkylation sites (tertiary alicyclic amines) is 1. The summed E-state index contributed by atoms with van der Waals surface area (Å²) in [5.74, 6) is 0. The molecule has 1 saturated heterocycles. The van der Waals surface area contributed by atoms with E-state index in [4.69, 9.17) is 4.74 Å². The second-order valence-corrected chi connectivity index (χ2v) is 6.20. The van der Waals surface area contributed by atoms with E-state index in [2.05, 4.69) is 15.3 Å². The molecular weight excluding hydrogens is 304 g/mol. The maximum Gasteiger partial charge on any atom is 0.321 e. The van der Waals surface area contributed by atoms with Crippen LogP contribution in [-0.2, 0) is 0 Å². The Bertz CT molecular complexity index is 710. The molecule has 1 atom stereocenters. The lowest BCUT2D eigenvalue weighted by molar-refractivity contribution is 0.183. The van der Waals surface area contributed by atoms with Crippen LogP contribution >= 0.6 is 0 Å². The number of hydrogen-bond donors (Lipinski definition) is 1. The van der Waals surface area contributed by atoms with Crippen molar-refractivity contribution in [2.45, 2.75) is 33.3 Å². The van der Waals surface area contributed by atoms with Crippen molar-refractivity contribution in [2.24, 2.45) is 0 Å². The zero-order chi connectivity index (χ0) is 17.1. The predicted molar refractivity (Wildman–Crippen MR) is 92.3 cm³/mol. The minimum absolute atomic E-state index is 0.0741. The molecule has 0 radical (unpaired) electrons. The number of anilines is 1. The third-order valence-electron chi connectivity index (χ3n) is 3.97. The van der Waals surface area contributed by atoms with Crippen LogP contribution < -0.4 is 10.1 Å². The number of nitrogens with one attached hydrogen (secondary N) is 1. The van der Waals surface area contributed by atoms with Crippen molar-refractivity contribution in [2.75, 3.05) is 18.4 Å². The van der Waals surface area contributed by atoms with Gasteiger partial charge >= 0.3 is 12.0 Å². The van der Waals surface area contributed by atoms with Gasteiger partial charge in [0.05, 0.1) is 6.54 Å². The first-order chi connectivity index (χ1) is 11.5. The lowest BCUT2D eigenvalue weighted by Crippen LogP contribution is -2.34. The highest BCUT2D eigenvalue weighted by molar-refractivity contribution is 5.89. The third-order valence-corrected chi connectivity index (χ3v) is 3.97. The number of nitrogens with zero attached hydrogens (tertiary/aromatic N) is 3. The van der Waals surface area contributed by atoms with Gasteiger partial charge in [0.2, 0.25) is 0 Å². The molecule has 2 aromatic rings. The number of amides is 2. The van der Waals surface area contributed by atoms with E-state index >= 15 is 0 Å². The molecule has 6 heteroatoms. The molecule has 1 aliphatic rings. The fourth-order valence-electron chi connectivity index (χ4n) is 2.74. The molecule has 126 valence electrons. The maximum absolute atomic E-state index is 12.3. The second kappa shape index (κ2) is 6.86. The summed E-state index contributed by atoms with van der Waals surface area (Å²) in [6.07, 6.45) is 0.701. The summed E-state index contributed by atoms with van der Waals surface area (Å²) in [5.41, 5.74) is 3.72. The first-order valence-electron chi connectivity index (χ1n) is 8.11. The molecule has 0 saturated carbocycles. The van der Waals surface area contributed by atoms with Gasteiger partial charge < -0.3 is 15.0 Å². The predicted octanol–water partition coefficient (Wildman–Crippen LogP) is 3.09. The van der Waals surface area contributed by atoms with E-state index in [0.717, 1.165) is 29.1 Å². The average molecular weight is 326 g/mol. The van der Waals surface area contributed by atoms with E-state index in [9.17, 15) is 4.79 Å². The largest absolute Gasteiger partial charge is 0.458 e. The van der Waals surface area contributed by atoms with Gasteiger partial charge in [0.1, 0.15) is 6.10 Å². The summed E-state index contributed by atoms with van der Waals surface area (Å²) in [6.45, 7) is 7.04. The zero-order valence-electron chi connectivity index (χ0n) is 14.2. The highest BCUT2D eigenvalue weighted by Gasteiger charge is 2.28. The first kappa shape index (κ1) is 16.2. The third kappa shape index (κ3) is 4.01. The Morgan fingerprint density at radius 2 is 1.83 bits per heavy atom. The van der Waals surface area contributed by atoms with E-state index in [0.29, 0.717) is 19.1 Å². The first-order valence-corrected chi connectivity index (χ1v) is 8.11. The lowest BCUT2D eigenvalue weighted by Gasteiger charge is -2.17. The smallest absolute Gasteiger partial charge is 0.321 e. The molecule has 1 aliphatic heterocycles. The molecule has 2 heterocycles. The number of aromatic nitrogens is 2. The molecule has 6 nitrogen and oxygen atoms in total. The van der Waals surface area contributed by atoms with Crippen molar-refractivity contribution in [3.8, 4) is 6.01 Å². The van der Waals surface area contributed by atoms with Crippen molar-refractivity contribution in [1.82, 2.24) is 14.9 Å². The van der Waals surface area contributed by atoms with Crippen LogP contribution in [0.4, 0.5) is 10.5 Å². The molecule has 1 fully saturated rings. The average Bonchev–Trinajstić information content (AvgIpc) is 2.97. The zero-order valence-corrected chi connectivity index (χ0v) is 14.2. The van der Waals surface area contributed by atoms with Gasteiger partial charge in [-0.3, -0.25) is 0 Å². The van der Waals surface area contributed by atoms with Gasteiger partial charge in [-0.15, -0.1) is 0 Å². The van der Waals surface area contributed by atoms with Gasteiger partial charge in [0.25, 0.3) is 0 Å². The topological polar surface area (TPSA) is 67.4 Å². The van der Waals surface area contributed by atoms with Gasteiger partial charge in [0, 0.05) is 30.0 Å². The van der Waals surface area contributed by atoms with Gasteiger partial charge in [-0.05, 0) is 39.0 Å². The highest BCUT2D eigenvalue weighted by atomic mass is 16.5. The summed E-state index contributed by atoms with van der Waals surface area (Å²) >= 11 is 0. The van der Waals surface area contributed by atoms with E-state index in [1.54, 1.807) is 4.90 Å². The number of hydrogen-bond acceptors (Lipinski definition) is 4. The van der Waals surface area contributed by atoms with E-state index in [-0.39, 0.29) is 12.1 Å². The summed E-state index contributed by atoms with van der Waals surface area (Å²) < 4.78 is 5.84. The molecule has 2 amide bonds. The Morgan fingerprint density at radius 1 is 1.17 bits per heavy atom. The molecule has 0 aliphatic carbocycles. The quantitative estimate of drug-likeness (QED) is 0.941. The Morgan fingerprint density at radius 3 is 2.50 bits per heavy atom. The minimum Gasteiger partial charge on any atom is -0.458 e. The van der Waals surface area contributed by atoms with E-state index < -0.39 is 0 Å². The monoisotopic (exact) mass is 326 g/mol. The number of rotatable bonds is 3. The molecular formula is C18H22N4O2. The van der Waals surface area contributed by atoms with Crippen LogP contribution in [0.2, 0.25) is 0 Å². The number of ether oxygens (including phenoxy) is 1. The standard InChI is InChI=1S/C18H22N4O2/c1-12-4-6-15(7-5-12)21-18(23)22-9-8-16(11-22)24-17-19-13(2)10-14(3)20-17/h4-7,10,16H,8-9,11H2,1-3H3,(H,21,23). The Labute approximate surface area is 141 Å². The lowest BCUT2D eigenvalue weighted by atomic mass is 10.2. The molecule has 1 aromatic carbocycles. The van der Waals surface area contributed by atoms with Crippen molar-refractivity contribution >= 4 is 11.7 Å². The Kier molecular flexibility index (Phi) is 4.64. The van der Waals surface area contributed by atoms with Crippen molar-refractivity contribution in [3.63, 3.8) is 0 Å². The van der Waals surface area contributed by atoms with Crippen LogP contribution in [-0.4, -0.2) is 40.1 Å². The van der Waals surface area contributed by atoms with Crippen LogP contribution in [0.1, 0.15) is 23.4 Å². The van der Waals surface area contributed by atoms with Crippen LogP contribution in [0.25, 0.3) is 0 Å². The number of benzene rings is 1. The summed E-state index contributed by atoms with van der Waals surface area (Å²) in [5, 5.41) is 2.91. The van der Waals surface area contributed by atoms with Gasteiger partial charge in [0.15, 0.2) is 0 Å². The number of urea groups is 1. The van der Waals surface area contributed by atoms with Gasteiger partial charge in [-0.1, -0.05) is 17.7 Å². The SMILES string of the molecule is Cc1ccc(NC(=O)N2CCC(Oc3nc(C)cc(C)n3)C2)cc1. The molecule has 0 spiro atoms. The Hall–Kier alpha value is -2.63. The minimum atomic E-state index is -0.105. The summed E-state index contributed by atoms with van der Waals surface area (Å²) in [7, 11) is 0. The molecule has 1 aromatic heterocycles. The summed E-state index contributed by atoms with van der Waals surface area (Å²) in [4.78, 5) is 22.7. The van der Waals surface area contributed by atoms with Crippen LogP contribution in [0.3, 0.4) is 0 Å². The number of aryl methyl sites for hydroxylation is 3. The van der Waals surface area contributed by atoms with Crippen LogP contribution in [0.5, 0.6) is 6.01 Å². The fourth-order valence-corrected chi connectivity index (χ4v) is 2.74. The number of carbonyl (C=O) groups excluding carboxylic acids is 1. The normalized spacial score (nSPS) is 17.0. The molecule has 3 rings (SSSR count). The molecule has 1 N–H and O–H groups in total. The Balaban J connectivity index is 1.56. The molecule has 1 unspecified atom stereocenters. The van der Waals surface area contributed by atoms with E-state index in [1.165, 1.54) is 0 Å².